The number of pyridine rings is 1. The van der Waals surface area contributed by atoms with E-state index in [1.54, 1.807) is 29.3 Å². The minimum atomic E-state index is -0.767. The smallest absolute Gasteiger partial charge is 0.254 e. The van der Waals surface area contributed by atoms with Gasteiger partial charge in [-0.25, -0.2) is 9.97 Å². The SMILES string of the molecule is CC(C)c1nc2ccc(C(=O)N3C[C@@H](O)[C@H](n4ccc5c(C(N)=O)ccnc54)C3)cc2[nH]1. The predicted octanol–water partition coefficient (Wildman–Crippen LogP) is 2.19. The molecule has 9 nitrogen and oxygen atoms in total. The summed E-state index contributed by atoms with van der Waals surface area (Å²) in [5.41, 5.74) is 8.57. The molecule has 1 fully saturated rings. The fourth-order valence-electron chi connectivity index (χ4n) is 4.37. The first-order chi connectivity index (χ1) is 15.3. The van der Waals surface area contributed by atoms with Gasteiger partial charge in [0.2, 0.25) is 5.91 Å². The Bertz CT molecular complexity index is 1350. The number of hydrogen-bond acceptors (Lipinski definition) is 5. The fourth-order valence-corrected chi connectivity index (χ4v) is 4.37. The Morgan fingerprint density at radius 1 is 1.22 bits per heavy atom. The molecule has 0 aliphatic carbocycles. The van der Waals surface area contributed by atoms with Crippen LogP contribution in [0.4, 0.5) is 0 Å². The van der Waals surface area contributed by atoms with E-state index >= 15 is 0 Å². The number of aliphatic hydroxyl groups is 1. The Morgan fingerprint density at radius 2 is 2.03 bits per heavy atom. The highest BCUT2D eigenvalue weighted by atomic mass is 16.3. The molecule has 2 amide bonds. The van der Waals surface area contributed by atoms with Crippen molar-refractivity contribution in [3.8, 4) is 0 Å². The molecule has 1 aliphatic rings. The minimum Gasteiger partial charge on any atom is -0.389 e. The molecule has 0 radical (unpaired) electrons. The van der Waals surface area contributed by atoms with Gasteiger partial charge in [-0.15, -0.1) is 0 Å². The van der Waals surface area contributed by atoms with Gasteiger partial charge in [-0.05, 0) is 30.3 Å². The summed E-state index contributed by atoms with van der Waals surface area (Å²) < 4.78 is 1.81. The van der Waals surface area contributed by atoms with Gasteiger partial charge in [0, 0.05) is 42.4 Å². The van der Waals surface area contributed by atoms with E-state index in [0.717, 1.165) is 16.9 Å². The Balaban J connectivity index is 1.42. The number of aliphatic hydroxyl groups excluding tert-OH is 1. The molecule has 164 valence electrons. The maximum Gasteiger partial charge on any atom is 0.254 e. The highest BCUT2D eigenvalue weighted by molar-refractivity contribution is 6.04. The van der Waals surface area contributed by atoms with Crippen molar-refractivity contribution in [1.82, 2.24) is 24.4 Å². The van der Waals surface area contributed by atoms with E-state index in [1.807, 2.05) is 16.7 Å². The van der Waals surface area contributed by atoms with Crippen molar-refractivity contribution in [3.63, 3.8) is 0 Å². The van der Waals surface area contributed by atoms with Gasteiger partial charge in [-0.1, -0.05) is 13.8 Å². The maximum absolute atomic E-state index is 13.2. The van der Waals surface area contributed by atoms with Crippen molar-refractivity contribution in [2.75, 3.05) is 13.1 Å². The van der Waals surface area contributed by atoms with Crippen molar-refractivity contribution in [3.05, 3.63) is 59.7 Å². The zero-order valence-corrected chi connectivity index (χ0v) is 17.8. The molecular weight excluding hydrogens is 408 g/mol. The number of benzene rings is 1. The number of primary amides is 1. The topological polar surface area (TPSA) is 130 Å². The average molecular weight is 432 g/mol. The highest BCUT2D eigenvalue weighted by Crippen LogP contribution is 2.29. The van der Waals surface area contributed by atoms with Crippen LogP contribution in [-0.2, 0) is 0 Å². The van der Waals surface area contributed by atoms with Crippen LogP contribution in [0, 0.1) is 0 Å². The average Bonchev–Trinajstić information content (AvgIpc) is 3.48. The Morgan fingerprint density at radius 3 is 2.78 bits per heavy atom. The number of carbonyl (C=O) groups is 2. The number of nitrogens with two attached hydrogens (primary N) is 1. The van der Waals surface area contributed by atoms with Crippen LogP contribution in [0.1, 0.15) is 52.3 Å². The Kier molecular flexibility index (Phi) is 4.70. The van der Waals surface area contributed by atoms with E-state index in [0.29, 0.717) is 28.7 Å². The number of H-pyrrole nitrogens is 1. The van der Waals surface area contributed by atoms with Crippen molar-refractivity contribution >= 4 is 33.9 Å². The van der Waals surface area contributed by atoms with E-state index < -0.39 is 12.0 Å². The highest BCUT2D eigenvalue weighted by Gasteiger charge is 2.36. The maximum atomic E-state index is 13.2. The largest absolute Gasteiger partial charge is 0.389 e. The Hall–Kier alpha value is -3.72. The minimum absolute atomic E-state index is 0.156. The molecule has 5 rings (SSSR count). The molecule has 0 unspecified atom stereocenters. The van der Waals surface area contributed by atoms with Gasteiger partial charge in [0.25, 0.3) is 5.91 Å². The van der Waals surface area contributed by atoms with E-state index in [9.17, 15) is 14.7 Å². The second-order valence-electron chi connectivity index (χ2n) is 8.54. The third kappa shape index (κ3) is 3.21. The third-order valence-electron chi connectivity index (χ3n) is 6.08. The summed E-state index contributed by atoms with van der Waals surface area (Å²) in [6.07, 6.45) is 2.53. The summed E-state index contributed by atoms with van der Waals surface area (Å²) in [4.78, 5) is 38.7. The lowest BCUT2D eigenvalue weighted by Gasteiger charge is -2.18. The number of nitrogens with one attached hydrogen (secondary N) is 1. The summed E-state index contributed by atoms with van der Waals surface area (Å²) >= 11 is 0. The molecule has 0 bridgehead atoms. The number of hydrogen-bond donors (Lipinski definition) is 3. The zero-order valence-electron chi connectivity index (χ0n) is 17.8. The van der Waals surface area contributed by atoms with Gasteiger partial charge in [0.1, 0.15) is 11.5 Å². The van der Waals surface area contributed by atoms with Gasteiger partial charge < -0.3 is 25.3 Å². The molecule has 0 saturated carbocycles. The van der Waals surface area contributed by atoms with E-state index in [1.165, 1.54) is 6.20 Å². The lowest BCUT2D eigenvalue weighted by Crippen LogP contribution is -2.29. The number of rotatable bonds is 4. The molecule has 1 aliphatic heterocycles. The van der Waals surface area contributed by atoms with Crippen molar-refractivity contribution in [1.29, 1.82) is 0 Å². The van der Waals surface area contributed by atoms with Crippen LogP contribution in [0.25, 0.3) is 22.1 Å². The number of nitrogens with zero attached hydrogens (tertiary/aromatic N) is 4. The molecule has 32 heavy (non-hydrogen) atoms. The number of likely N-dealkylation sites (tertiary alicyclic amines) is 1. The number of aromatic amines is 1. The monoisotopic (exact) mass is 432 g/mol. The number of imidazole rings is 1. The van der Waals surface area contributed by atoms with Crippen LogP contribution in [0.3, 0.4) is 0 Å². The Labute approximate surface area is 183 Å². The van der Waals surface area contributed by atoms with E-state index in [-0.39, 0.29) is 24.4 Å². The molecule has 0 spiro atoms. The molecule has 1 saturated heterocycles. The molecule has 9 heteroatoms. The summed E-state index contributed by atoms with van der Waals surface area (Å²) in [7, 11) is 0. The zero-order chi connectivity index (χ0) is 22.6. The van der Waals surface area contributed by atoms with E-state index in [4.69, 9.17) is 5.73 Å². The number of amides is 2. The second-order valence-corrected chi connectivity index (χ2v) is 8.54. The van der Waals surface area contributed by atoms with Crippen molar-refractivity contribution < 1.29 is 14.7 Å². The number of carbonyl (C=O) groups excluding carboxylic acids is 2. The molecular formula is C23H24N6O3. The van der Waals surface area contributed by atoms with E-state index in [2.05, 4.69) is 28.8 Å². The summed E-state index contributed by atoms with van der Waals surface area (Å²) in [5.74, 6) is 0.449. The molecule has 4 aromatic rings. The van der Waals surface area contributed by atoms with Gasteiger partial charge in [0.05, 0.1) is 28.7 Å². The summed E-state index contributed by atoms with van der Waals surface area (Å²) in [6.45, 7) is 4.64. The van der Waals surface area contributed by atoms with Crippen LogP contribution in [0.5, 0.6) is 0 Å². The molecule has 2 atom stereocenters. The first kappa shape index (κ1) is 20.2. The number of fused-ring (bicyclic) bond motifs is 2. The van der Waals surface area contributed by atoms with Crippen LogP contribution in [0.15, 0.2) is 42.7 Å². The molecule has 1 aromatic carbocycles. The van der Waals surface area contributed by atoms with Gasteiger partial charge in [0.15, 0.2) is 0 Å². The van der Waals surface area contributed by atoms with Crippen LogP contribution in [-0.4, -0.2) is 60.5 Å². The second kappa shape index (κ2) is 7.45. The molecule has 4 heterocycles. The summed E-state index contributed by atoms with van der Waals surface area (Å²) in [6, 6.07) is 8.37. The normalized spacial score (nSPS) is 18.8. The van der Waals surface area contributed by atoms with Crippen molar-refractivity contribution in [2.45, 2.75) is 31.9 Å². The number of aromatic nitrogens is 4. The standard InChI is InChI=1S/C23H24N6O3/c1-12(2)21-26-16-4-3-13(9-17(16)27-21)23(32)28-10-18(19(30)11-28)29-8-6-15-14(20(24)31)5-7-25-22(15)29/h3-9,12,18-19,30H,10-11H2,1-2H3,(H2,24,31)(H,26,27)/t18-,19-/m1/s1. The summed E-state index contributed by atoms with van der Waals surface area (Å²) in [5, 5.41) is 11.4. The van der Waals surface area contributed by atoms with Gasteiger partial charge in [-0.2, -0.15) is 0 Å². The predicted molar refractivity (Wildman–Crippen MR) is 119 cm³/mol. The van der Waals surface area contributed by atoms with Gasteiger partial charge >= 0.3 is 0 Å². The molecule has 3 aromatic heterocycles. The third-order valence-corrected chi connectivity index (χ3v) is 6.08. The first-order valence-corrected chi connectivity index (χ1v) is 10.6. The van der Waals surface area contributed by atoms with Crippen LogP contribution < -0.4 is 5.73 Å². The lowest BCUT2D eigenvalue weighted by molar-refractivity contribution is 0.0764. The van der Waals surface area contributed by atoms with Gasteiger partial charge in [-0.3, -0.25) is 9.59 Å². The van der Waals surface area contributed by atoms with Crippen LogP contribution in [0.2, 0.25) is 0 Å². The molecule has 4 N–H and O–H groups in total. The van der Waals surface area contributed by atoms with Crippen molar-refractivity contribution in [2.24, 2.45) is 5.73 Å². The first-order valence-electron chi connectivity index (χ1n) is 10.6. The fraction of sp³-hybridized carbons (Fsp3) is 0.304. The lowest BCUT2D eigenvalue weighted by atomic mass is 10.1. The van der Waals surface area contributed by atoms with Crippen LogP contribution >= 0.6 is 0 Å². The quantitative estimate of drug-likeness (QED) is 0.455. The number of β-amino-alcohol motifs (C(OH)–C–C–N with tert-alkyl or cyclic N) is 1.